The average Bonchev–Trinajstić information content (AvgIpc) is 2.30. The number of hydrogen-bond donors (Lipinski definition) is 1. The van der Waals surface area contributed by atoms with Crippen LogP contribution in [0.15, 0.2) is 24.3 Å². The summed E-state index contributed by atoms with van der Waals surface area (Å²) in [4.78, 5) is 6.82. The predicted octanol–water partition coefficient (Wildman–Crippen LogP) is 1.20. The maximum Gasteiger partial charge on any atom is 0.0368 e. The van der Waals surface area contributed by atoms with Gasteiger partial charge < -0.3 is 20.4 Å². The van der Waals surface area contributed by atoms with Crippen LogP contribution in [-0.4, -0.2) is 64.2 Å². The van der Waals surface area contributed by atoms with E-state index >= 15 is 0 Å². The molecule has 0 saturated heterocycles. The van der Waals surface area contributed by atoms with E-state index in [4.69, 9.17) is 5.73 Å². The van der Waals surface area contributed by atoms with Crippen molar-refractivity contribution in [3.8, 4) is 0 Å². The fourth-order valence-electron chi connectivity index (χ4n) is 1.70. The van der Waals surface area contributed by atoms with Crippen LogP contribution in [0.3, 0.4) is 0 Å². The highest BCUT2D eigenvalue weighted by atomic mass is 15.2. The zero-order chi connectivity index (χ0) is 13.5. The van der Waals surface area contributed by atoms with Crippen LogP contribution in [0, 0.1) is 0 Å². The lowest BCUT2D eigenvalue weighted by atomic mass is 10.2. The largest absolute Gasteiger partial charge is 0.399 e. The van der Waals surface area contributed by atoms with Gasteiger partial charge in [0, 0.05) is 37.6 Å². The van der Waals surface area contributed by atoms with Gasteiger partial charge in [0.25, 0.3) is 0 Å². The van der Waals surface area contributed by atoms with Gasteiger partial charge in [0.2, 0.25) is 0 Å². The summed E-state index contributed by atoms with van der Waals surface area (Å²) in [7, 11) is 8.42. The van der Waals surface area contributed by atoms with Crippen molar-refractivity contribution in [2.45, 2.75) is 0 Å². The number of hydrogen-bond acceptors (Lipinski definition) is 4. The van der Waals surface area contributed by atoms with Crippen molar-refractivity contribution in [1.82, 2.24) is 9.80 Å². The third kappa shape index (κ3) is 5.38. The van der Waals surface area contributed by atoms with Crippen molar-refractivity contribution in [2.24, 2.45) is 0 Å². The van der Waals surface area contributed by atoms with Crippen molar-refractivity contribution in [1.29, 1.82) is 0 Å². The smallest absolute Gasteiger partial charge is 0.0368 e. The van der Waals surface area contributed by atoms with Crippen LogP contribution >= 0.6 is 0 Å². The zero-order valence-electron chi connectivity index (χ0n) is 12.1. The fraction of sp³-hybridized carbons (Fsp3) is 0.571. The van der Waals surface area contributed by atoms with Gasteiger partial charge in [-0.25, -0.2) is 0 Å². The Morgan fingerprint density at radius 3 is 1.61 bits per heavy atom. The molecule has 0 atom stereocenters. The first kappa shape index (κ1) is 14.8. The molecule has 0 radical (unpaired) electrons. The van der Waals surface area contributed by atoms with Crippen LogP contribution in [0.25, 0.3) is 0 Å². The normalized spacial score (nSPS) is 11.2. The molecular weight excluding hydrogens is 224 g/mol. The lowest BCUT2D eigenvalue weighted by Crippen LogP contribution is -2.36. The number of rotatable bonds is 7. The zero-order valence-corrected chi connectivity index (χ0v) is 12.1. The van der Waals surface area contributed by atoms with E-state index in [0.29, 0.717) is 0 Å². The van der Waals surface area contributed by atoms with E-state index in [1.54, 1.807) is 0 Å². The molecule has 0 saturated carbocycles. The summed E-state index contributed by atoms with van der Waals surface area (Å²) in [6.07, 6.45) is 0. The van der Waals surface area contributed by atoms with E-state index in [0.717, 1.165) is 31.9 Å². The molecule has 0 bridgehead atoms. The Bertz CT molecular complexity index is 320. The van der Waals surface area contributed by atoms with Gasteiger partial charge in [-0.15, -0.1) is 0 Å². The number of anilines is 2. The Morgan fingerprint density at radius 1 is 0.778 bits per heavy atom. The van der Waals surface area contributed by atoms with Gasteiger partial charge in [-0.1, -0.05) is 0 Å². The summed E-state index contributed by atoms with van der Waals surface area (Å²) in [5.41, 5.74) is 7.80. The van der Waals surface area contributed by atoms with Crippen molar-refractivity contribution in [3.63, 3.8) is 0 Å². The first-order valence-electron chi connectivity index (χ1n) is 6.39. The highest BCUT2D eigenvalue weighted by Crippen LogP contribution is 2.15. The molecule has 102 valence electrons. The molecule has 0 spiro atoms. The lowest BCUT2D eigenvalue weighted by Gasteiger charge is -2.27. The minimum absolute atomic E-state index is 0.818. The van der Waals surface area contributed by atoms with E-state index < -0.39 is 0 Å². The second-order valence-electron chi connectivity index (χ2n) is 5.19. The fourth-order valence-corrected chi connectivity index (χ4v) is 1.70. The third-order valence-corrected chi connectivity index (χ3v) is 2.89. The van der Waals surface area contributed by atoms with Gasteiger partial charge in [0.1, 0.15) is 0 Å². The van der Waals surface area contributed by atoms with Crippen LogP contribution < -0.4 is 10.6 Å². The Morgan fingerprint density at radius 2 is 1.22 bits per heavy atom. The molecular formula is C14H26N4. The Hall–Kier alpha value is -1.26. The number of likely N-dealkylation sites (N-methyl/N-ethyl adjacent to an activating group) is 2. The van der Waals surface area contributed by atoms with Crippen LogP contribution in [0.5, 0.6) is 0 Å². The van der Waals surface area contributed by atoms with Crippen LogP contribution in [0.1, 0.15) is 0 Å². The molecule has 0 aliphatic heterocycles. The summed E-state index contributed by atoms with van der Waals surface area (Å²) in [6, 6.07) is 8.13. The monoisotopic (exact) mass is 250 g/mol. The summed E-state index contributed by atoms with van der Waals surface area (Å²) in [6.45, 7) is 4.17. The van der Waals surface area contributed by atoms with Crippen molar-refractivity contribution in [3.05, 3.63) is 24.3 Å². The third-order valence-electron chi connectivity index (χ3n) is 2.89. The second-order valence-corrected chi connectivity index (χ2v) is 5.19. The lowest BCUT2D eigenvalue weighted by molar-refractivity contribution is 0.391. The van der Waals surface area contributed by atoms with Crippen molar-refractivity contribution < 1.29 is 0 Å². The van der Waals surface area contributed by atoms with Gasteiger partial charge in [-0.05, 0) is 52.5 Å². The molecule has 4 heteroatoms. The highest BCUT2D eigenvalue weighted by Gasteiger charge is 2.07. The molecule has 1 rings (SSSR count). The van der Waals surface area contributed by atoms with Crippen molar-refractivity contribution in [2.75, 3.05) is 65.0 Å². The van der Waals surface area contributed by atoms with Gasteiger partial charge >= 0.3 is 0 Å². The molecule has 18 heavy (non-hydrogen) atoms. The van der Waals surface area contributed by atoms with Gasteiger partial charge in [-0.3, -0.25) is 0 Å². The predicted molar refractivity (Wildman–Crippen MR) is 80.2 cm³/mol. The maximum atomic E-state index is 5.74. The van der Waals surface area contributed by atoms with Crippen molar-refractivity contribution >= 4 is 11.4 Å². The van der Waals surface area contributed by atoms with Crippen LogP contribution in [0.4, 0.5) is 11.4 Å². The van der Waals surface area contributed by atoms with Crippen LogP contribution in [-0.2, 0) is 0 Å². The minimum atomic E-state index is 0.818. The second kappa shape index (κ2) is 7.24. The molecule has 0 aliphatic rings. The van der Waals surface area contributed by atoms with Gasteiger partial charge in [0.15, 0.2) is 0 Å². The maximum absolute atomic E-state index is 5.74. The summed E-state index contributed by atoms with van der Waals surface area (Å²) in [5, 5.41) is 0. The van der Waals surface area contributed by atoms with E-state index in [2.05, 4.69) is 55.0 Å². The molecule has 1 aromatic carbocycles. The number of benzene rings is 1. The van der Waals surface area contributed by atoms with E-state index in [1.165, 1.54) is 5.69 Å². The van der Waals surface area contributed by atoms with E-state index in [9.17, 15) is 0 Å². The molecule has 1 aromatic rings. The SMILES string of the molecule is CN(C)CCN(CCN(C)C)c1ccc(N)cc1. The molecule has 0 aromatic heterocycles. The van der Waals surface area contributed by atoms with Gasteiger partial charge in [0.05, 0.1) is 0 Å². The molecule has 0 unspecified atom stereocenters. The van der Waals surface area contributed by atoms with Crippen LogP contribution in [0.2, 0.25) is 0 Å². The van der Waals surface area contributed by atoms with E-state index in [-0.39, 0.29) is 0 Å². The Labute approximate surface area is 111 Å². The minimum Gasteiger partial charge on any atom is -0.399 e. The average molecular weight is 250 g/mol. The van der Waals surface area contributed by atoms with E-state index in [1.807, 2.05) is 12.1 Å². The highest BCUT2D eigenvalue weighted by molar-refractivity contribution is 5.53. The summed E-state index contributed by atoms with van der Waals surface area (Å²) >= 11 is 0. The Kier molecular flexibility index (Phi) is 5.95. The summed E-state index contributed by atoms with van der Waals surface area (Å²) < 4.78 is 0. The number of nitrogens with zero attached hydrogens (tertiary/aromatic N) is 3. The standard InChI is InChI=1S/C14H26N4/c1-16(2)9-11-18(12-10-17(3)4)14-7-5-13(15)6-8-14/h5-8H,9-12,15H2,1-4H3. The molecule has 0 aliphatic carbocycles. The molecule has 2 N–H and O–H groups in total. The number of nitrogens with two attached hydrogens (primary N) is 1. The first-order valence-corrected chi connectivity index (χ1v) is 6.39. The quantitative estimate of drug-likeness (QED) is 0.738. The molecule has 4 nitrogen and oxygen atoms in total. The molecule has 0 amide bonds. The summed E-state index contributed by atoms with van der Waals surface area (Å²) in [5.74, 6) is 0. The topological polar surface area (TPSA) is 35.7 Å². The Balaban J connectivity index is 2.66. The molecule has 0 fully saturated rings. The molecule has 0 heterocycles. The number of nitrogen functional groups attached to an aromatic ring is 1. The van der Waals surface area contributed by atoms with Gasteiger partial charge in [-0.2, -0.15) is 0 Å². The first-order chi connectivity index (χ1) is 8.49.